The molecule has 1 aromatic carbocycles. The third-order valence-electron chi connectivity index (χ3n) is 3.01. The summed E-state index contributed by atoms with van der Waals surface area (Å²) in [6.07, 6.45) is 0.331. The Morgan fingerprint density at radius 3 is 2.72 bits per heavy atom. The zero-order chi connectivity index (χ0) is 13.3. The molecule has 1 aliphatic heterocycles. The summed E-state index contributed by atoms with van der Waals surface area (Å²) >= 11 is 0. The number of amides is 1. The molecule has 0 saturated carbocycles. The van der Waals surface area contributed by atoms with E-state index in [9.17, 15) is 13.2 Å². The first-order valence-corrected chi connectivity index (χ1v) is 7.38. The lowest BCUT2D eigenvalue weighted by atomic mass is 10.1. The lowest BCUT2D eigenvalue weighted by Crippen LogP contribution is -2.42. The van der Waals surface area contributed by atoms with Gasteiger partial charge >= 0.3 is 0 Å². The Balaban J connectivity index is 2.15. The van der Waals surface area contributed by atoms with Crippen molar-refractivity contribution in [3.63, 3.8) is 0 Å². The van der Waals surface area contributed by atoms with E-state index in [4.69, 9.17) is 0 Å². The van der Waals surface area contributed by atoms with E-state index in [0.29, 0.717) is 6.42 Å². The van der Waals surface area contributed by atoms with Crippen molar-refractivity contribution in [2.24, 2.45) is 0 Å². The average Bonchev–Trinajstić information content (AvgIpc) is 2.68. The van der Waals surface area contributed by atoms with Gasteiger partial charge in [-0.2, -0.15) is 0 Å². The van der Waals surface area contributed by atoms with E-state index >= 15 is 0 Å². The number of sulfonamides is 1. The Kier molecular flexibility index (Phi) is 3.41. The minimum atomic E-state index is -3.26. The lowest BCUT2D eigenvalue weighted by Gasteiger charge is -2.21. The summed E-state index contributed by atoms with van der Waals surface area (Å²) in [6.45, 7) is 1.94. The second kappa shape index (κ2) is 4.70. The molecule has 1 aliphatic rings. The van der Waals surface area contributed by atoms with Crippen LogP contribution in [-0.2, 0) is 14.8 Å². The van der Waals surface area contributed by atoms with Crippen molar-refractivity contribution in [1.82, 2.24) is 4.72 Å². The Morgan fingerprint density at radius 2 is 2.17 bits per heavy atom. The molecular formula is C12H16N2O3S. The molecule has 1 aromatic rings. The van der Waals surface area contributed by atoms with Gasteiger partial charge in [-0.3, -0.25) is 4.79 Å². The second-order valence-corrected chi connectivity index (χ2v) is 6.39. The van der Waals surface area contributed by atoms with Gasteiger partial charge < -0.3 is 4.90 Å². The summed E-state index contributed by atoms with van der Waals surface area (Å²) < 4.78 is 24.9. The van der Waals surface area contributed by atoms with Gasteiger partial charge in [0, 0.05) is 12.7 Å². The Bertz CT molecular complexity index is 568. The predicted molar refractivity (Wildman–Crippen MR) is 69.9 cm³/mol. The highest BCUT2D eigenvalue weighted by atomic mass is 32.2. The van der Waals surface area contributed by atoms with Crippen LogP contribution in [0.3, 0.4) is 0 Å². The van der Waals surface area contributed by atoms with Crippen LogP contribution in [0.5, 0.6) is 0 Å². The highest BCUT2D eigenvalue weighted by molar-refractivity contribution is 7.89. The van der Waals surface area contributed by atoms with Crippen molar-refractivity contribution in [2.45, 2.75) is 19.4 Å². The van der Waals surface area contributed by atoms with E-state index in [1.54, 1.807) is 7.05 Å². The fraction of sp³-hybridized carbons (Fsp3) is 0.417. The maximum absolute atomic E-state index is 12.1. The maximum Gasteiger partial charge on any atom is 0.244 e. The fourth-order valence-electron chi connectivity index (χ4n) is 1.98. The quantitative estimate of drug-likeness (QED) is 0.856. The van der Waals surface area contributed by atoms with Crippen LogP contribution in [-0.4, -0.2) is 33.2 Å². The second-order valence-electron chi connectivity index (χ2n) is 4.51. The third kappa shape index (κ3) is 2.70. The monoisotopic (exact) mass is 268 g/mol. The van der Waals surface area contributed by atoms with Gasteiger partial charge in [-0.15, -0.1) is 0 Å². The zero-order valence-corrected chi connectivity index (χ0v) is 11.2. The molecule has 0 spiro atoms. The summed E-state index contributed by atoms with van der Waals surface area (Å²) in [7, 11) is -1.61. The summed E-state index contributed by atoms with van der Waals surface area (Å²) in [5.41, 5.74) is 1.82. The minimum Gasteiger partial charge on any atom is -0.314 e. The molecule has 0 radical (unpaired) electrons. The van der Waals surface area contributed by atoms with Gasteiger partial charge in [0.25, 0.3) is 0 Å². The number of hydrogen-bond donors (Lipinski definition) is 1. The van der Waals surface area contributed by atoms with E-state index in [1.807, 2.05) is 31.2 Å². The van der Waals surface area contributed by atoms with Gasteiger partial charge in [0.15, 0.2) is 0 Å². The molecule has 0 aliphatic carbocycles. The molecule has 1 amide bonds. The summed E-state index contributed by atoms with van der Waals surface area (Å²) in [5, 5.41) is 0. The number of anilines is 1. The number of nitrogens with one attached hydrogen (secondary N) is 1. The van der Waals surface area contributed by atoms with Gasteiger partial charge in [0.1, 0.15) is 6.04 Å². The van der Waals surface area contributed by atoms with E-state index in [-0.39, 0.29) is 11.7 Å². The molecule has 2 rings (SSSR count). The van der Waals surface area contributed by atoms with Crippen LogP contribution in [0.2, 0.25) is 0 Å². The van der Waals surface area contributed by atoms with Gasteiger partial charge in [-0.1, -0.05) is 12.1 Å². The van der Waals surface area contributed by atoms with Crippen molar-refractivity contribution < 1.29 is 13.2 Å². The standard InChI is InChI=1S/C12H16N2O3S/c1-9-4-3-5-10(8-9)14(2)12(15)11-6-7-18(16,17)13-11/h3-5,8,11,13H,6-7H2,1-2H3/t11-/m0/s1. The topological polar surface area (TPSA) is 66.5 Å². The largest absolute Gasteiger partial charge is 0.314 e. The maximum atomic E-state index is 12.1. The van der Waals surface area contributed by atoms with Gasteiger partial charge in [-0.25, -0.2) is 13.1 Å². The Labute approximate surface area is 107 Å². The first kappa shape index (κ1) is 13.0. The summed E-state index contributed by atoms with van der Waals surface area (Å²) in [6, 6.07) is 6.89. The molecule has 18 heavy (non-hydrogen) atoms. The molecule has 1 atom stereocenters. The molecule has 1 N–H and O–H groups in total. The van der Waals surface area contributed by atoms with Crippen molar-refractivity contribution in [3.05, 3.63) is 29.8 Å². The predicted octanol–water partition coefficient (Wildman–Crippen LogP) is 0.650. The number of carbonyl (C=O) groups is 1. The molecule has 1 fully saturated rings. The van der Waals surface area contributed by atoms with Crippen LogP contribution in [0.15, 0.2) is 24.3 Å². The van der Waals surface area contributed by atoms with Crippen LogP contribution >= 0.6 is 0 Å². The Hall–Kier alpha value is -1.40. The van der Waals surface area contributed by atoms with Crippen LogP contribution in [0.4, 0.5) is 5.69 Å². The minimum absolute atomic E-state index is 0.0189. The zero-order valence-electron chi connectivity index (χ0n) is 10.4. The van der Waals surface area contributed by atoms with Gasteiger partial charge in [-0.05, 0) is 31.0 Å². The molecule has 0 bridgehead atoms. The number of carbonyl (C=O) groups excluding carboxylic acids is 1. The Morgan fingerprint density at radius 1 is 1.44 bits per heavy atom. The number of likely N-dealkylation sites (N-methyl/N-ethyl adjacent to an activating group) is 1. The average molecular weight is 268 g/mol. The third-order valence-corrected chi connectivity index (χ3v) is 4.43. The highest BCUT2D eigenvalue weighted by Crippen LogP contribution is 2.18. The van der Waals surface area contributed by atoms with Crippen LogP contribution in [0.25, 0.3) is 0 Å². The molecule has 6 heteroatoms. The lowest BCUT2D eigenvalue weighted by molar-refractivity contribution is -0.119. The van der Waals surface area contributed by atoms with E-state index in [1.165, 1.54) is 4.90 Å². The molecular weight excluding hydrogens is 252 g/mol. The fourth-order valence-corrected chi connectivity index (χ4v) is 3.30. The first-order valence-electron chi connectivity index (χ1n) is 5.73. The number of nitrogens with zero attached hydrogens (tertiary/aromatic N) is 1. The van der Waals surface area contributed by atoms with Crippen molar-refractivity contribution >= 4 is 21.6 Å². The highest BCUT2D eigenvalue weighted by Gasteiger charge is 2.33. The number of hydrogen-bond acceptors (Lipinski definition) is 3. The van der Waals surface area contributed by atoms with Crippen LogP contribution in [0.1, 0.15) is 12.0 Å². The summed E-state index contributed by atoms with van der Waals surface area (Å²) in [5.74, 6) is -0.202. The first-order chi connectivity index (χ1) is 8.39. The molecule has 1 heterocycles. The number of rotatable bonds is 2. The molecule has 0 unspecified atom stereocenters. The molecule has 0 aromatic heterocycles. The van der Waals surface area contributed by atoms with Crippen molar-refractivity contribution in [2.75, 3.05) is 17.7 Å². The molecule has 98 valence electrons. The van der Waals surface area contributed by atoms with Crippen molar-refractivity contribution in [3.8, 4) is 0 Å². The normalized spacial score (nSPS) is 21.8. The number of benzene rings is 1. The van der Waals surface area contributed by atoms with Crippen LogP contribution < -0.4 is 9.62 Å². The molecule has 5 nitrogen and oxygen atoms in total. The summed E-state index contributed by atoms with van der Waals surface area (Å²) in [4.78, 5) is 13.6. The van der Waals surface area contributed by atoms with Crippen LogP contribution in [0, 0.1) is 6.92 Å². The van der Waals surface area contributed by atoms with E-state index in [2.05, 4.69) is 4.72 Å². The van der Waals surface area contributed by atoms with E-state index < -0.39 is 16.1 Å². The van der Waals surface area contributed by atoms with Gasteiger partial charge in [0.2, 0.25) is 15.9 Å². The van der Waals surface area contributed by atoms with Crippen molar-refractivity contribution in [1.29, 1.82) is 0 Å². The number of aryl methyl sites for hydroxylation is 1. The SMILES string of the molecule is Cc1cccc(N(C)C(=O)[C@@H]2CCS(=O)(=O)N2)c1. The van der Waals surface area contributed by atoms with Gasteiger partial charge in [0.05, 0.1) is 5.75 Å². The smallest absolute Gasteiger partial charge is 0.244 e. The van der Waals surface area contributed by atoms with E-state index in [0.717, 1.165) is 11.3 Å². The molecule has 1 saturated heterocycles.